The Labute approximate surface area is 122 Å². The van der Waals surface area contributed by atoms with Gasteiger partial charge in [0.1, 0.15) is 5.41 Å². The summed E-state index contributed by atoms with van der Waals surface area (Å²) in [5.74, 6) is -0.949. The average Bonchev–Trinajstić information content (AvgIpc) is 2.90. The number of likely N-dealkylation sites (tertiary alicyclic amines) is 1. The van der Waals surface area contributed by atoms with Crippen LogP contribution in [-0.2, 0) is 14.4 Å². The zero-order valence-corrected chi connectivity index (χ0v) is 11.9. The molecule has 3 aliphatic rings. The van der Waals surface area contributed by atoms with Crippen molar-refractivity contribution in [1.29, 1.82) is 0 Å². The van der Waals surface area contributed by atoms with Gasteiger partial charge in [-0.3, -0.25) is 24.6 Å². The molecule has 1 spiro atoms. The summed E-state index contributed by atoms with van der Waals surface area (Å²) in [5, 5.41) is 2.25. The summed E-state index contributed by atoms with van der Waals surface area (Å²) in [4.78, 5) is 50.9. The van der Waals surface area contributed by atoms with Gasteiger partial charge in [0.15, 0.2) is 0 Å². The van der Waals surface area contributed by atoms with Crippen LogP contribution in [0.2, 0.25) is 0 Å². The summed E-state index contributed by atoms with van der Waals surface area (Å²) in [6.07, 6.45) is 3.93. The van der Waals surface area contributed by atoms with E-state index in [4.69, 9.17) is 0 Å². The van der Waals surface area contributed by atoms with Crippen molar-refractivity contribution in [3.63, 3.8) is 0 Å². The Balaban J connectivity index is 1.63. The molecule has 21 heavy (non-hydrogen) atoms. The van der Waals surface area contributed by atoms with E-state index in [0.29, 0.717) is 12.8 Å². The standard InChI is InChI=1S/C14H19N3O4/c18-10(16-7-1-2-8-16)4-9-17-12(20)14(5-3-6-14)11(19)15-13(17)21/h1-9H2,(H,15,19,21). The van der Waals surface area contributed by atoms with Crippen LogP contribution in [0.5, 0.6) is 0 Å². The number of hydrogen-bond donors (Lipinski definition) is 1. The molecule has 2 heterocycles. The predicted octanol–water partition coefficient (Wildman–Crippen LogP) is 0.248. The van der Waals surface area contributed by atoms with Crippen molar-refractivity contribution in [3.05, 3.63) is 0 Å². The minimum Gasteiger partial charge on any atom is -0.343 e. The van der Waals surface area contributed by atoms with E-state index in [-0.39, 0.29) is 18.9 Å². The number of amides is 5. The molecule has 7 heteroatoms. The van der Waals surface area contributed by atoms with Crippen molar-refractivity contribution in [2.24, 2.45) is 5.41 Å². The van der Waals surface area contributed by atoms with E-state index in [0.717, 1.165) is 37.3 Å². The fraction of sp³-hybridized carbons (Fsp3) is 0.714. The Morgan fingerprint density at radius 3 is 2.33 bits per heavy atom. The second-order valence-corrected chi connectivity index (χ2v) is 5.99. The van der Waals surface area contributed by atoms with E-state index in [9.17, 15) is 19.2 Å². The smallest absolute Gasteiger partial charge is 0.330 e. The largest absolute Gasteiger partial charge is 0.343 e. The van der Waals surface area contributed by atoms with Crippen LogP contribution in [0.25, 0.3) is 0 Å². The normalized spacial score (nSPS) is 24.3. The molecular weight excluding hydrogens is 274 g/mol. The van der Waals surface area contributed by atoms with Crippen molar-refractivity contribution in [3.8, 4) is 0 Å². The first-order chi connectivity index (χ1) is 10.0. The molecule has 1 saturated carbocycles. The Hall–Kier alpha value is -1.92. The third-order valence-electron chi connectivity index (χ3n) is 4.77. The monoisotopic (exact) mass is 293 g/mol. The lowest BCUT2D eigenvalue weighted by atomic mass is 9.66. The van der Waals surface area contributed by atoms with E-state index >= 15 is 0 Å². The molecule has 2 aliphatic heterocycles. The SMILES string of the molecule is O=C(CCN1C(=O)NC(=O)C2(CCC2)C1=O)N1CCCC1. The Morgan fingerprint density at radius 1 is 1.10 bits per heavy atom. The molecule has 5 amide bonds. The molecule has 2 saturated heterocycles. The second-order valence-electron chi connectivity index (χ2n) is 5.99. The molecule has 114 valence electrons. The molecule has 0 aromatic carbocycles. The van der Waals surface area contributed by atoms with Crippen molar-refractivity contribution in [2.75, 3.05) is 19.6 Å². The zero-order chi connectivity index (χ0) is 15.0. The molecule has 0 bridgehead atoms. The Bertz CT molecular complexity index is 506. The molecule has 0 atom stereocenters. The van der Waals surface area contributed by atoms with Gasteiger partial charge in [0.05, 0.1) is 0 Å². The van der Waals surface area contributed by atoms with Gasteiger partial charge in [-0.25, -0.2) is 4.79 Å². The summed E-state index contributed by atoms with van der Waals surface area (Å²) in [7, 11) is 0. The Kier molecular flexibility index (Phi) is 3.43. The number of nitrogens with zero attached hydrogens (tertiary/aromatic N) is 2. The molecule has 3 fully saturated rings. The van der Waals surface area contributed by atoms with Crippen LogP contribution in [0.3, 0.4) is 0 Å². The molecular formula is C14H19N3O4. The van der Waals surface area contributed by atoms with Gasteiger partial charge in [0.25, 0.3) is 0 Å². The molecule has 3 rings (SSSR count). The highest BCUT2D eigenvalue weighted by Gasteiger charge is 2.57. The van der Waals surface area contributed by atoms with Gasteiger partial charge in [-0.1, -0.05) is 6.42 Å². The van der Waals surface area contributed by atoms with Crippen molar-refractivity contribution >= 4 is 23.8 Å². The summed E-state index contributed by atoms with van der Waals surface area (Å²) in [6.45, 7) is 1.55. The molecule has 0 aromatic rings. The third kappa shape index (κ3) is 2.20. The van der Waals surface area contributed by atoms with Gasteiger partial charge >= 0.3 is 6.03 Å². The van der Waals surface area contributed by atoms with Crippen LogP contribution in [0.1, 0.15) is 38.5 Å². The number of urea groups is 1. The average molecular weight is 293 g/mol. The van der Waals surface area contributed by atoms with E-state index in [1.54, 1.807) is 4.90 Å². The van der Waals surface area contributed by atoms with E-state index in [2.05, 4.69) is 5.32 Å². The maximum absolute atomic E-state index is 12.4. The molecule has 7 nitrogen and oxygen atoms in total. The number of hydrogen-bond acceptors (Lipinski definition) is 4. The summed E-state index contributed by atoms with van der Waals surface area (Å²) < 4.78 is 0. The number of nitrogens with one attached hydrogen (secondary N) is 1. The number of imide groups is 2. The van der Waals surface area contributed by atoms with Gasteiger partial charge in [0, 0.05) is 26.1 Å². The number of carbonyl (C=O) groups excluding carboxylic acids is 4. The minimum absolute atomic E-state index is 0.0346. The first kappa shape index (κ1) is 14.0. The van der Waals surface area contributed by atoms with Gasteiger partial charge in [0.2, 0.25) is 17.7 Å². The zero-order valence-electron chi connectivity index (χ0n) is 11.9. The predicted molar refractivity (Wildman–Crippen MR) is 72.0 cm³/mol. The van der Waals surface area contributed by atoms with Gasteiger partial charge in [-0.05, 0) is 25.7 Å². The summed E-state index contributed by atoms with van der Waals surface area (Å²) in [6, 6.07) is -0.697. The van der Waals surface area contributed by atoms with Crippen LogP contribution in [0.4, 0.5) is 4.79 Å². The van der Waals surface area contributed by atoms with Crippen LogP contribution in [-0.4, -0.2) is 53.2 Å². The highest BCUT2D eigenvalue weighted by Crippen LogP contribution is 2.44. The van der Waals surface area contributed by atoms with E-state index < -0.39 is 23.3 Å². The summed E-state index contributed by atoms with van der Waals surface area (Å²) in [5.41, 5.74) is -1.05. The molecule has 0 aromatic heterocycles. The maximum atomic E-state index is 12.4. The molecule has 0 unspecified atom stereocenters. The quantitative estimate of drug-likeness (QED) is 0.756. The molecule has 1 N–H and O–H groups in total. The van der Waals surface area contributed by atoms with Crippen LogP contribution in [0.15, 0.2) is 0 Å². The van der Waals surface area contributed by atoms with Gasteiger partial charge in [-0.2, -0.15) is 0 Å². The van der Waals surface area contributed by atoms with Crippen LogP contribution in [0, 0.1) is 5.41 Å². The lowest BCUT2D eigenvalue weighted by molar-refractivity contribution is -0.157. The highest BCUT2D eigenvalue weighted by atomic mass is 16.2. The lowest BCUT2D eigenvalue weighted by Gasteiger charge is -2.44. The fourth-order valence-electron chi connectivity index (χ4n) is 3.24. The first-order valence-corrected chi connectivity index (χ1v) is 7.50. The van der Waals surface area contributed by atoms with Crippen molar-refractivity contribution < 1.29 is 19.2 Å². The third-order valence-corrected chi connectivity index (χ3v) is 4.77. The molecule has 1 aliphatic carbocycles. The van der Waals surface area contributed by atoms with Gasteiger partial charge < -0.3 is 4.90 Å². The number of barbiturate groups is 1. The lowest BCUT2D eigenvalue weighted by Crippen LogP contribution is -2.66. The highest BCUT2D eigenvalue weighted by molar-refractivity contribution is 6.19. The van der Waals surface area contributed by atoms with Crippen molar-refractivity contribution in [1.82, 2.24) is 15.1 Å². The topological polar surface area (TPSA) is 86.8 Å². The number of carbonyl (C=O) groups is 4. The molecule has 0 radical (unpaired) electrons. The summed E-state index contributed by atoms with van der Waals surface area (Å²) >= 11 is 0. The van der Waals surface area contributed by atoms with E-state index in [1.165, 1.54) is 0 Å². The Morgan fingerprint density at radius 2 is 1.76 bits per heavy atom. The van der Waals surface area contributed by atoms with E-state index in [1.807, 2.05) is 0 Å². The van der Waals surface area contributed by atoms with Gasteiger partial charge in [-0.15, -0.1) is 0 Å². The fourth-order valence-corrected chi connectivity index (χ4v) is 3.24. The maximum Gasteiger partial charge on any atom is 0.330 e. The van der Waals surface area contributed by atoms with Crippen LogP contribution >= 0.6 is 0 Å². The second kappa shape index (κ2) is 5.13. The first-order valence-electron chi connectivity index (χ1n) is 7.50. The van der Waals surface area contributed by atoms with Crippen molar-refractivity contribution in [2.45, 2.75) is 38.5 Å². The van der Waals surface area contributed by atoms with Crippen LogP contribution < -0.4 is 5.32 Å². The number of rotatable bonds is 3. The minimum atomic E-state index is -1.05.